The van der Waals surface area contributed by atoms with Gasteiger partial charge in [0.15, 0.2) is 5.60 Å². The second-order valence-electron chi connectivity index (χ2n) is 3.40. The molecular weight excluding hydrogens is 180 g/mol. The number of hydrogen-bond acceptors (Lipinski definition) is 3. The normalized spacial score (nSPS) is 10.8. The first-order chi connectivity index (χ1) is 6.56. The van der Waals surface area contributed by atoms with Crippen LogP contribution in [0.4, 0.5) is 0 Å². The van der Waals surface area contributed by atoms with Crippen molar-refractivity contribution in [3.05, 3.63) is 30.3 Å². The SMILES string of the molecule is CC(C)(Oc1ccccc1)C(=O)NN. The standard InChI is InChI=1S/C10H14N2O2/c1-10(2,9(13)12-11)14-8-6-4-3-5-7-8/h3-7H,11H2,1-2H3,(H,12,13). The van der Waals surface area contributed by atoms with E-state index in [2.05, 4.69) is 5.43 Å². The summed E-state index contributed by atoms with van der Waals surface area (Å²) >= 11 is 0. The fourth-order valence-electron chi connectivity index (χ4n) is 1.00. The van der Waals surface area contributed by atoms with Crippen LogP contribution in [-0.4, -0.2) is 11.5 Å². The summed E-state index contributed by atoms with van der Waals surface area (Å²) in [5, 5.41) is 0. The van der Waals surface area contributed by atoms with Crippen LogP contribution < -0.4 is 16.0 Å². The summed E-state index contributed by atoms with van der Waals surface area (Å²) in [5.41, 5.74) is 1.10. The van der Waals surface area contributed by atoms with Gasteiger partial charge in [0, 0.05) is 0 Å². The van der Waals surface area contributed by atoms with Crippen molar-refractivity contribution >= 4 is 5.91 Å². The van der Waals surface area contributed by atoms with Gasteiger partial charge in [-0.15, -0.1) is 0 Å². The summed E-state index contributed by atoms with van der Waals surface area (Å²) < 4.78 is 5.46. The molecule has 4 nitrogen and oxygen atoms in total. The minimum Gasteiger partial charge on any atom is -0.478 e. The van der Waals surface area contributed by atoms with Crippen LogP contribution in [0.2, 0.25) is 0 Å². The Morgan fingerprint density at radius 3 is 2.43 bits per heavy atom. The molecule has 3 N–H and O–H groups in total. The number of ether oxygens (including phenoxy) is 1. The highest BCUT2D eigenvalue weighted by atomic mass is 16.5. The molecule has 0 aliphatic heterocycles. The van der Waals surface area contributed by atoms with Crippen molar-refractivity contribution in [3.63, 3.8) is 0 Å². The molecule has 0 saturated carbocycles. The molecule has 1 aromatic rings. The highest BCUT2D eigenvalue weighted by molar-refractivity contribution is 5.84. The third-order valence-corrected chi connectivity index (χ3v) is 1.79. The highest BCUT2D eigenvalue weighted by Crippen LogP contribution is 2.17. The lowest BCUT2D eigenvalue weighted by Crippen LogP contribution is -2.49. The highest BCUT2D eigenvalue weighted by Gasteiger charge is 2.28. The van der Waals surface area contributed by atoms with Gasteiger partial charge in [0.25, 0.3) is 5.91 Å². The van der Waals surface area contributed by atoms with Gasteiger partial charge >= 0.3 is 0 Å². The first-order valence-corrected chi connectivity index (χ1v) is 4.31. The topological polar surface area (TPSA) is 64.3 Å². The maximum Gasteiger partial charge on any atom is 0.277 e. The number of nitrogens with one attached hydrogen (secondary N) is 1. The van der Waals surface area contributed by atoms with Gasteiger partial charge in [-0.25, -0.2) is 5.84 Å². The van der Waals surface area contributed by atoms with Crippen molar-refractivity contribution in [2.75, 3.05) is 0 Å². The molecular formula is C10H14N2O2. The van der Waals surface area contributed by atoms with Crippen LogP contribution in [0.5, 0.6) is 5.75 Å². The molecule has 0 fully saturated rings. The van der Waals surface area contributed by atoms with Gasteiger partial charge in [0.05, 0.1) is 0 Å². The van der Waals surface area contributed by atoms with Gasteiger partial charge < -0.3 is 4.74 Å². The van der Waals surface area contributed by atoms with Crippen molar-refractivity contribution in [2.24, 2.45) is 5.84 Å². The third kappa shape index (κ3) is 2.47. The van der Waals surface area contributed by atoms with Crippen molar-refractivity contribution < 1.29 is 9.53 Å². The van der Waals surface area contributed by atoms with Gasteiger partial charge in [0.2, 0.25) is 0 Å². The summed E-state index contributed by atoms with van der Waals surface area (Å²) in [4.78, 5) is 11.3. The van der Waals surface area contributed by atoms with E-state index in [1.54, 1.807) is 26.0 Å². The van der Waals surface area contributed by atoms with Gasteiger partial charge in [-0.05, 0) is 26.0 Å². The van der Waals surface area contributed by atoms with E-state index >= 15 is 0 Å². The Morgan fingerprint density at radius 1 is 1.36 bits per heavy atom. The summed E-state index contributed by atoms with van der Waals surface area (Å²) in [6.07, 6.45) is 0. The van der Waals surface area contributed by atoms with Crippen molar-refractivity contribution in [1.29, 1.82) is 0 Å². The molecule has 0 aromatic heterocycles. The van der Waals surface area contributed by atoms with E-state index in [9.17, 15) is 4.79 Å². The number of carbonyl (C=O) groups excluding carboxylic acids is 1. The lowest BCUT2D eigenvalue weighted by atomic mass is 10.1. The fourth-order valence-corrected chi connectivity index (χ4v) is 1.00. The zero-order valence-corrected chi connectivity index (χ0v) is 8.28. The van der Waals surface area contributed by atoms with E-state index in [1.807, 2.05) is 18.2 Å². The van der Waals surface area contributed by atoms with E-state index in [0.717, 1.165) is 0 Å². The Labute approximate surface area is 83.0 Å². The lowest BCUT2D eigenvalue weighted by molar-refractivity contribution is -0.134. The van der Waals surface area contributed by atoms with Crippen LogP contribution in [0.25, 0.3) is 0 Å². The van der Waals surface area contributed by atoms with Crippen molar-refractivity contribution in [1.82, 2.24) is 5.43 Å². The molecule has 4 heteroatoms. The molecule has 0 bridgehead atoms. The Bertz CT molecular complexity index is 309. The number of hydrogen-bond donors (Lipinski definition) is 2. The smallest absolute Gasteiger partial charge is 0.277 e. The van der Waals surface area contributed by atoms with E-state index in [4.69, 9.17) is 10.6 Å². The zero-order valence-electron chi connectivity index (χ0n) is 8.28. The summed E-state index contributed by atoms with van der Waals surface area (Å²) in [5.74, 6) is 5.31. The van der Waals surface area contributed by atoms with Gasteiger partial charge in [0.1, 0.15) is 5.75 Å². The molecule has 0 unspecified atom stereocenters. The Morgan fingerprint density at radius 2 is 1.93 bits per heavy atom. The number of rotatable bonds is 3. The zero-order chi connectivity index (χ0) is 10.6. The quantitative estimate of drug-likeness (QED) is 0.425. The lowest BCUT2D eigenvalue weighted by Gasteiger charge is -2.23. The molecule has 0 aliphatic carbocycles. The second-order valence-corrected chi connectivity index (χ2v) is 3.40. The Balaban J connectivity index is 2.73. The fraction of sp³-hybridized carbons (Fsp3) is 0.300. The molecule has 1 aromatic carbocycles. The molecule has 0 aliphatic rings. The molecule has 0 spiro atoms. The average Bonchev–Trinajstić information content (AvgIpc) is 2.17. The van der Waals surface area contributed by atoms with Gasteiger partial charge in [-0.1, -0.05) is 18.2 Å². The van der Waals surface area contributed by atoms with Crippen LogP contribution in [0.15, 0.2) is 30.3 Å². The predicted molar refractivity (Wildman–Crippen MR) is 53.5 cm³/mol. The largest absolute Gasteiger partial charge is 0.478 e. The number of hydrazine groups is 1. The van der Waals surface area contributed by atoms with Crippen LogP contribution >= 0.6 is 0 Å². The molecule has 14 heavy (non-hydrogen) atoms. The molecule has 0 heterocycles. The van der Waals surface area contributed by atoms with E-state index < -0.39 is 5.60 Å². The van der Waals surface area contributed by atoms with E-state index in [1.165, 1.54) is 0 Å². The number of nitrogens with two attached hydrogens (primary N) is 1. The number of carbonyl (C=O) groups is 1. The monoisotopic (exact) mass is 194 g/mol. The van der Waals surface area contributed by atoms with Crippen molar-refractivity contribution in [3.8, 4) is 5.75 Å². The summed E-state index contributed by atoms with van der Waals surface area (Å²) in [7, 11) is 0. The summed E-state index contributed by atoms with van der Waals surface area (Å²) in [6, 6.07) is 9.12. The minimum absolute atomic E-state index is 0.360. The van der Waals surface area contributed by atoms with Gasteiger partial charge in [-0.3, -0.25) is 10.2 Å². The van der Waals surface area contributed by atoms with Crippen LogP contribution in [0, 0.1) is 0 Å². The predicted octanol–water partition coefficient (Wildman–Crippen LogP) is 0.834. The van der Waals surface area contributed by atoms with Crippen LogP contribution in [0.1, 0.15) is 13.8 Å². The molecule has 0 radical (unpaired) electrons. The molecule has 1 amide bonds. The van der Waals surface area contributed by atoms with E-state index in [-0.39, 0.29) is 5.91 Å². The Kier molecular flexibility index (Phi) is 3.09. The molecule has 0 saturated heterocycles. The van der Waals surface area contributed by atoms with E-state index in [0.29, 0.717) is 5.75 Å². The first kappa shape index (κ1) is 10.5. The second kappa shape index (κ2) is 4.11. The maximum atomic E-state index is 11.3. The number of para-hydroxylation sites is 1. The summed E-state index contributed by atoms with van der Waals surface area (Å²) in [6.45, 7) is 3.31. The minimum atomic E-state index is -0.962. The Hall–Kier alpha value is -1.55. The number of amides is 1. The first-order valence-electron chi connectivity index (χ1n) is 4.31. The van der Waals surface area contributed by atoms with Crippen LogP contribution in [0.3, 0.4) is 0 Å². The van der Waals surface area contributed by atoms with Crippen LogP contribution in [-0.2, 0) is 4.79 Å². The molecule has 76 valence electrons. The molecule has 0 atom stereocenters. The third-order valence-electron chi connectivity index (χ3n) is 1.79. The van der Waals surface area contributed by atoms with Crippen molar-refractivity contribution in [2.45, 2.75) is 19.4 Å². The maximum absolute atomic E-state index is 11.3. The number of benzene rings is 1. The molecule has 1 rings (SSSR count). The van der Waals surface area contributed by atoms with Gasteiger partial charge in [-0.2, -0.15) is 0 Å². The average molecular weight is 194 g/mol.